The van der Waals surface area contributed by atoms with Crippen LogP contribution < -0.4 is 0 Å². The van der Waals surface area contributed by atoms with Crippen LogP contribution in [0.4, 0.5) is 0 Å². The first-order valence-corrected chi connectivity index (χ1v) is 6.24. The lowest BCUT2D eigenvalue weighted by molar-refractivity contribution is -0.375. The number of ether oxygens (including phenoxy) is 1. The van der Waals surface area contributed by atoms with Crippen LogP contribution in [0.2, 0.25) is 0 Å². The summed E-state index contributed by atoms with van der Waals surface area (Å²) in [6, 6.07) is 16.7. The molecule has 2 aromatic rings. The van der Waals surface area contributed by atoms with Gasteiger partial charge in [-0.25, -0.2) is 10.1 Å². The van der Waals surface area contributed by atoms with Gasteiger partial charge in [0.25, 0.3) is 0 Å². The summed E-state index contributed by atoms with van der Waals surface area (Å²) in [5.74, 6) is -1.94. The molecule has 4 heteroatoms. The summed E-state index contributed by atoms with van der Waals surface area (Å²) in [7, 11) is 0. The molecule has 0 bridgehead atoms. The number of esters is 1. The van der Waals surface area contributed by atoms with Crippen molar-refractivity contribution >= 4 is 5.97 Å². The Morgan fingerprint density at radius 3 is 2.25 bits per heavy atom. The Morgan fingerprint density at radius 2 is 1.60 bits per heavy atom. The summed E-state index contributed by atoms with van der Waals surface area (Å²) in [5, 5.41) is 8.70. The van der Waals surface area contributed by atoms with E-state index in [4.69, 9.17) is 9.99 Å². The van der Waals surface area contributed by atoms with E-state index in [1.165, 1.54) is 13.8 Å². The molecule has 0 saturated heterocycles. The van der Waals surface area contributed by atoms with Crippen LogP contribution in [0.15, 0.2) is 54.6 Å². The SMILES string of the molecule is CC(C)(OO)OC(=O)c1ccccc1-c1ccccc1. The number of hydrogen-bond donors (Lipinski definition) is 1. The normalized spacial score (nSPS) is 11.2. The molecule has 0 amide bonds. The lowest BCUT2D eigenvalue weighted by Gasteiger charge is -2.21. The Balaban J connectivity index is 2.36. The van der Waals surface area contributed by atoms with Crippen molar-refractivity contribution in [3.63, 3.8) is 0 Å². The maximum absolute atomic E-state index is 12.2. The van der Waals surface area contributed by atoms with Gasteiger partial charge in [-0.3, -0.25) is 0 Å². The van der Waals surface area contributed by atoms with Crippen molar-refractivity contribution in [3.05, 3.63) is 60.2 Å². The second kappa shape index (κ2) is 5.86. The van der Waals surface area contributed by atoms with Crippen LogP contribution in [0.1, 0.15) is 24.2 Å². The fourth-order valence-electron chi connectivity index (χ4n) is 1.83. The van der Waals surface area contributed by atoms with Crippen molar-refractivity contribution < 1.29 is 19.7 Å². The van der Waals surface area contributed by atoms with E-state index < -0.39 is 11.8 Å². The Kier molecular flexibility index (Phi) is 4.17. The maximum atomic E-state index is 12.2. The number of benzene rings is 2. The van der Waals surface area contributed by atoms with Crippen molar-refractivity contribution in [3.8, 4) is 11.1 Å². The summed E-state index contributed by atoms with van der Waals surface area (Å²) in [6.07, 6.45) is 0. The van der Waals surface area contributed by atoms with Gasteiger partial charge in [0.15, 0.2) is 0 Å². The average molecular weight is 272 g/mol. The van der Waals surface area contributed by atoms with Gasteiger partial charge in [-0.15, -0.1) is 0 Å². The Bertz CT molecular complexity index is 590. The van der Waals surface area contributed by atoms with Gasteiger partial charge in [0, 0.05) is 13.8 Å². The molecule has 1 N–H and O–H groups in total. The van der Waals surface area contributed by atoms with Crippen molar-refractivity contribution in [2.24, 2.45) is 0 Å². The van der Waals surface area contributed by atoms with Crippen molar-refractivity contribution in [2.45, 2.75) is 19.6 Å². The van der Waals surface area contributed by atoms with Gasteiger partial charge in [0.2, 0.25) is 5.79 Å². The zero-order valence-corrected chi connectivity index (χ0v) is 11.4. The highest BCUT2D eigenvalue weighted by molar-refractivity contribution is 5.97. The molecule has 2 aromatic carbocycles. The molecular formula is C16H16O4. The molecule has 0 heterocycles. The van der Waals surface area contributed by atoms with Crippen LogP contribution in [0.25, 0.3) is 11.1 Å². The summed E-state index contributed by atoms with van der Waals surface area (Å²) in [4.78, 5) is 16.3. The summed E-state index contributed by atoms with van der Waals surface area (Å²) >= 11 is 0. The van der Waals surface area contributed by atoms with Crippen LogP contribution in [0.3, 0.4) is 0 Å². The summed E-state index contributed by atoms with van der Waals surface area (Å²) in [6.45, 7) is 2.91. The first kappa shape index (κ1) is 14.2. The molecule has 0 spiro atoms. The van der Waals surface area contributed by atoms with Crippen LogP contribution in [0, 0.1) is 0 Å². The van der Waals surface area contributed by atoms with Gasteiger partial charge in [-0.05, 0) is 17.2 Å². The van der Waals surface area contributed by atoms with E-state index in [0.29, 0.717) is 5.56 Å². The van der Waals surface area contributed by atoms with Crippen LogP contribution in [-0.2, 0) is 9.62 Å². The van der Waals surface area contributed by atoms with Crippen LogP contribution >= 0.6 is 0 Å². The number of carbonyl (C=O) groups excluding carboxylic acids is 1. The summed E-state index contributed by atoms with van der Waals surface area (Å²) in [5.41, 5.74) is 2.11. The zero-order chi connectivity index (χ0) is 14.6. The van der Waals surface area contributed by atoms with E-state index in [0.717, 1.165) is 11.1 Å². The van der Waals surface area contributed by atoms with E-state index in [2.05, 4.69) is 4.89 Å². The van der Waals surface area contributed by atoms with E-state index in [9.17, 15) is 4.79 Å². The minimum absolute atomic E-state index is 0.420. The van der Waals surface area contributed by atoms with Crippen LogP contribution in [0.5, 0.6) is 0 Å². The van der Waals surface area contributed by atoms with Gasteiger partial charge in [-0.1, -0.05) is 48.5 Å². The number of rotatable bonds is 4. The molecule has 0 aromatic heterocycles. The third-order valence-corrected chi connectivity index (χ3v) is 2.79. The average Bonchev–Trinajstić information content (AvgIpc) is 2.48. The predicted molar refractivity (Wildman–Crippen MR) is 75.1 cm³/mol. The largest absolute Gasteiger partial charge is 0.427 e. The Morgan fingerprint density at radius 1 is 1.00 bits per heavy atom. The molecule has 2 rings (SSSR count). The second-order valence-electron chi connectivity index (χ2n) is 4.79. The van der Waals surface area contributed by atoms with E-state index in [1.807, 2.05) is 42.5 Å². The molecule has 0 atom stereocenters. The van der Waals surface area contributed by atoms with Crippen molar-refractivity contribution in [1.82, 2.24) is 0 Å². The zero-order valence-electron chi connectivity index (χ0n) is 11.4. The monoisotopic (exact) mass is 272 g/mol. The minimum atomic E-state index is -1.39. The molecule has 0 aliphatic heterocycles. The van der Waals surface area contributed by atoms with Gasteiger partial charge >= 0.3 is 5.97 Å². The third-order valence-electron chi connectivity index (χ3n) is 2.79. The molecule has 0 saturated carbocycles. The van der Waals surface area contributed by atoms with Gasteiger partial charge in [-0.2, -0.15) is 4.89 Å². The lowest BCUT2D eigenvalue weighted by Crippen LogP contribution is -2.30. The van der Waals surface area contributed by atoms with E-state index in [-0.39, 0.29) is 0 Å². The smallest absolute Gasteiger partial charge is 0.341 e. The molecule has 0 fully saturated rings. The van der Waals surface area contributed by atoms with Crippen molar-refractivity contribution in [2.75, 3.05) is 0 Å². The number of carbonyl (C=O) groups is 1. The highest BCUT2D eigenvalue weighted by Gasteiger charge is 2.26. The number of hydrogen-bond acceptors (Lipinski definition) is 4. The second-order valence-corrected chi connectivity index (χ2v) is 4.79. The molecule has 0 radical (unpaired) electrons. The molecule has 0 aliphatic rings. The van der Waals surface area contributed by atoms with Crippen molar-refractivity contribution in [1.29, 1.82) is 0 Å². The third kappa shape index (κ3) is 3.23. The first-order chi connectivity index (χ1) is 9.53. The Hall–Kier alpha value is -2.17. The minimum Gasteiger partial charge on any atom is -0.427 e. The van der Waals surface area contributed by atoms with Gasteiger partial charge < -0.3 is 4.74 Å². The molecule has 104 valence electrons. The van der Waals surface area contributed by atoms with Gasteiger partial charge in [0.1, 0.15) is 0 Å². The quantitative estimate of drug-likeness (QED) is 0.399. The molecule has 20 heavy (non-hydrogen) atoms. The van der Waals surface area contributed by atoms with Crippen LogP contribution in [-0.4, -0.2) is 17.0 Å². The topological polar surface area (TPSA) is 55.8 Å². The molecule has 0 unspecified atom stereocenters. The fraction of sp³-hybridized carbons (Fsp3) is 0.188. The fourth-order valence-corrected chi connectivity index (χ4v) is 1.83. The maximum Gasteiger partial charge on any atom is 0.341 e. The summed E-state index contributed by atoms with van der Waals surface area (Å²) < 4.78 is 5.12. The highest BCUT2D eigenvalue weighted by Crippen LogP contribution is 2.25. The standard InChI is InChI=1S/C16H16O4/c1-16(2,20-18)19-15(17)14-11-7-6-10-13(14)12-8-4-3-5-9-12/h3-11,18H,1-2H3. The van der Waals surface area contributed by atoms with E-state index in [1.54, 1.807) is 12.1 Å². The lowest BCUT2D eigenvalue weighted by atomic mass is 10.00. The Labute approximate surface area is 117 Å². The molecular weight excluding hydrogens is 256 g/mol. The van der Waals surface area contributed by atoms with E-state index >= 15 is 0 Å². The predicted octanol–water partition coefficient (Wildman–Crippen LogP) is 3.74. The molecule has 4 nitrogen and oxygen atoms in total. The molecule has 0 aliphatic carbocycles. The van der Waals surface area contributed by atoms with Gasteiger partial charge in [0.05, 0.1) is 5.56 Å². The highest BCUT2D eigenvalue weighted by atomic mass is 17.1. The first-order valence-electron chi connectivity index (χ1n) is 6.24.